The average molecular weight is 546 g/mol. The summed E-state index contributed by atoms with van der Waals surface area (Å²) in [6.45, 7) is 1.65. The molecule has 0 saturated heterocycles. The first-order valence-corrected chi connectivity index (χ1v) is 12.9. The molecule has 1 aliphatic carbocycles. The zero-order valence-corrected chi connectivity index (χ0v) is 21.6. The van der Waals surface area contributed by atoms with Crippen LogP contribution in [0.2, 0.25) is 5.02 Å². The standard InChI is InChI=1S/C32H23ClF3NO2/c1-2-39-29(38)30-19-11-5-10-16-26(30)31(21-12-6-3-7-13-21,22-14-8-4-9-15-22)37-25-18-17-23(33)20-24(25)27(28(30)37)32(34,35)36/h3-20H,2H2,1H3. The predicted octanol–water partition coefficient (Wildman–Crippen LogP) is 7.97. The Balaban J connectivity index is 1.95. The summed E-state index contributed by atoms with van der Waals surface area (Å²) in [5, 5.41) is 0.0934. The number of nitrogens with zero attached hydrogens (tertiary/aromatic N) is 1. The van der Waals surface area contributed by atoms with Crippen molar-refractivity contribution in [1.82, 2.24) is 4.57 Å². The molecule has 0 spiro atoms. The summed E-state index contributed by atoms with van der Waals surface area (Å²) >= 11 is 6.28. The Morgan fingerprint density at radius 1 is 0.923 bits per heavy atom. The minimum absolute atomic E-state index is 0.00616. The number of aromatic nitrogens is 1. The van der Waals surface area contributed by atoms with Gasteiger partial charge >= 0.3 is 12.1 Å². The third-order valence-electron chi connectivity index (χ3n) is 7.55. The summed E-state index contributed by atoms with van der Waals surface area (Å²) in [6, 6.07) is 23.1. The van der Waals surface area contributed by atoms with E-state index in [0.717, 1.165) is 0 Å². The number of rotatable bonds is 4. The highest BCUT2D eigenvalue weighted by atomic mass is 35.5. The molecule has 6 rings (SSSR count). The van der Waals surface area contributed by atoms with Crippen LogP contribution in [-0.2, 0) is 26.7 Å². The van der Waals surface area contributed by atoms with Crippen molar-refractivity contribution < 1.29 is 22.7 Å². The van der Waals surface area contributed by atoms with Crippen molar-refractivity contribution in [2.24, 2.45) is 0 Å². The average Bonchev–Trinajstić information content (AvgIpc) is 3.27. The first-order chi connectivity index (χ1) is 18.8. The van der Waals surface area contributed by atoms with E-state index in [0.29, 0.717) is 22.2 Å². The van der Waals surface area contributed by atoms with Gasteiger partial charge in [0.05, 0.1) is 23.4 Å². The van der Waals surface area contributed by atoms with Gasteiger partial charge in [-0.1, -0.05) is 103 Å². The summed E-state index contributed by atoms with van der Waals surface area (Å²) in [5.41, 5.74) is -2.11. The molecule has 0 N–H and O–H groups in total. The van der Waals surface area contributed by atoms with Gasteiger partial charge in [0.15, 0.2) is 5.41 Å². The molecule has 2 aliphatic rings. The van der Waals surface area contributed by atoms with Gasteiger partial charge in [-0.15, -0.1) is 0 Å². The van der Waals surface area contributed by atoms with E-state index < -0.39 is 28.7 Å². The van der Waals surface area contributed by atoms with Crippen LogP contribution in [0, 0.1) is 0 Å². The first kappa shape index (κ1) is 25.3. The van der Waals surface area contributed by atoms with Crippen LogP contribution in [0.4, 0.5) is 13.2 Å². The maximum Gasteiger partial charge on any atom is 0.418 e. The molecule has 0 saturated carbocycles. The van der Waals surface area contributed by atoms with Gasteiger partial charge in [0.25, 0.3) is 0 Å². The van der Waals surface area contributed by atoms with Gasteiger partial charge in [0.1, 0.15) is 5.54 Å². The van der Waals surface area contributed by atoms with Crippen molar-refractivity contribution >= 4 is 28.5 Å². The third-order valence-corrected chi connectivity index (χ3v) is 7.78. The van der Waals surface area contributed by atoms with Crippen LogP contribution in [0.1, 0.15) is 29.3 Å². The smallest absolute Gasteiger partial charge is 0.418 e. The molecule has 3 nitrogen and oxygen atoms in total. The summed E-state index contributed by atoms with van der Waals surface area (Å²) in [6.07, 6.45) is 3.57. The van der Waals surface area contributed by atoms with Gasteiger partial charge < -0.3 is 9.30 Å². The lowest BCUT2D eigenvalue weighted by molar-refractivity contribution is -0.147. The number of benzene rings is 3. The lowest BCUT2D eigenvalue weighted by Gasteiger charge is -2.38. The molecule has 1 aromatic heterocycles. The fourth-order valence-electron chi connectivity index (χ4n) is 6.26. The van der Waals surface area contributed by atoms with E-state index in [1.54, 1.807) is 47.9 Å². The molecule has 0 radical (unpaired) electrons. The number of halogens is 4. The Hall–Kier alpha value is -4.03. The van der Waals surface area contributed by atoms with E-state index in [2.05, 4.69) is 0 Å². The SMILES string of the molecule is CCOC(=O)C12C=CC=CC=C1C(c1ccccc1)(c1ccccc1)n1c2c(C(F)(F)F)c2cc(Cl)ccc21. The highest BCUT2D eigenvalue weighted by Gasteiger charge is 2.65. The van der Waals surface area contributed by atoms with Crippen LogP contribution in [0.25, 0.3) is 10.9 Å². The quantitative estimate of drug-likeness (QED) is 0.243. The van der Waals surface area contributed by atoms with Crippen LogP contribution in [-0.4, -0.2) is 17.1 Å². The third kappa shape index (κ3) is 3.41. The molecule has 196 valence electrons. The monoisotopic (exact) mass is 545 g/mol. The number of hydrogen-bond acceptors (Lipinski definition) is 2. The summed E-state index contributed by atoms with van der Waals surface area (Å²) in [5.74, 6) is -0.773. The summed E-state index contributed by atoms with van der Waals surface area (Å²) < 4.78 is 52.9. The van der Waals surface area contributed by atoms with Gasteiger partial charge in [0.2, 0.25) is 0 Å². The number of fused-ring (bicyclic) bond motifs is 5. The van der Waals surface area contributed by atoms with E-state index in [9.17, 15) is 4.79 Å². The largest absolute Gasteiger partial charge is 0.465 e. The van der Waals surface area contributed by atoms with Gasteiger partial charge in [-0.2, -0.15) is 13.2 Å². The molecular formula is C32H23ClF3NO2. The van der Waals surface area contributed by atoms with Crippen molar-refractivity contribution in [2.75, 3.05) is 6.61 Å². The van der Waals surface area contributed by atoms with Crippen molar-refractivity contribution in [1.29, 1.82) is 0 Å². The van der Waals surface area contributed by atoms with Gasteiger partial charge in [-0.05, 0) is 41.8 Å². The van der Waals surface area contributed by atoms with Crippen LogP contribution in [0.5, 0.6) is 0 Å². The van der Waals surface area contributed by atoms with E-state index in [1.165, 1.54) is 12.1 Å². The molecule has 3 aromatic carbocycles. The molecule has 1 aliphatic heterocycles. The zero-order chi connectivity index (χ0) is 27.4. The normalized spacial score (nSPS) is 19.4. The number of ether oxygens (including phenoxy) is 1. The van der Waals surface area contributed by atoms with Gasteiger partial charge in [-0.25, -0.2) is 0 Å². The van der Waals surface area contributed by atoms with Gasteiger partial charge in [0, 0.05) is 10.4 Å². The number of allylic oxidation sites excluding steroid dienone is 4. The van der Waals surface area contributed by atoms with E-state index in [1.807, 2.05) is 60.7 Å². The molecule has 7 heteroatoms. The molecule has 0 bridgehead atoms. The molecule has 0 fully saturated rings. The van der Waals surface area contributed by atoms with Crippen molar-refractivity contribution in [2.45, 2.75) is 24.1 Å². The molecule has 0 amide bonds. The molecule has 1 atom stereocenters. The molecular weight excluding hydrogens is 523 g/mol. The van der Waals surface area contributed by atoms with Crippen LogP contribution in [0.3, 0.4) is 0 Å². The van der Waals surface area contributed by atoms with Gasteiger partial charge in [-0.3, -0.25) is 4.79 Å². The maximum absolute atomic E-state index is 15.2. The fraction of sp³-hybridized carbons (Fsp3) is 0.156. The summed E-state index contributed by atoms with van der Waals surface area (Å²) in [7, 11) is 0. The second kappa shape index (κ2) is 9.02. The second-order valence-corrected chi connectivity index (χ2v) is 9.95. The van der Waals surface area contributed by atoms with E-state index >= 15 is 13.2 Å². The highest BCUT2D eigenvalue weighted by molar-refractivity contribution is 6.31. The number of carbonyl (C=O) groups is 1. The van der Waals surface area contributed by atoms with E-state index in [-0.39, 0.29) is 22.7 Å². The van der Waals surface area contributed by atoms with Crippen LogP contribution < -0.4 is 0 Å². The number of hydrogen-bond donors (Lipinski definition) is 0. The Morgan fingerprint density at radius 2 is 1.56 bits per heavy atom. The Kier molecular flexibility index (Phi) is 5.84. The lowest BCUT2D eigenvalue weighted by Crippen LogP contribution is -2.41. The van der Waals surface area contributed by atoms with E-state index in [4.69, 9.17) is 16.3 Å². The molecule has 1 unspecified atom stereocenters. The molecule has 39 heavy (non-hydrogen) atoms. The van der Waals surface area contributed by atoms with Crippen molar-refractivity contribution in [3.63, 3.8) is 0 Å². The molecule has 2 heterocycles. The minimum atomic E-state index is -4.80. The number of esters is 1. The fourth-order valence-corrected chi connectivity index (χ4v) is 6.43. The minimum Gasteiger partial charge on any atom is -0.465 e. The van der Waals surface area contributed by atoms with Crippen molar-refractivity contribution in [3.8, 4) is 0 Å². The predicted molar refractivity (Wildman–Crippen MR) is 146 cm³/mol. The highest BCUT2D eigenvalue weighted by Crippen LogP contribution is 2.62. The molecule has 4 aromatic rings. The van der Waals surface area contributed by atoms with Crippen molar-refractivity contribution in [3.05, 3.63) is 142 Å². The van der Waals surface area contributed by atoms with Crippen LogP contribution in [0.15, 0.2) is 115 Å². The second-order valence-electron chi connectivity index (χ2n) is 9.51. The Morgan fingerprint density at radius 3 is 2.15 bits per heavy atom. The lowest BCUT2D eigenvalue weighted by atomic mass is 9.67. The maximum atomic E-state index is 15.2. The topological polar surface area (TPSA) is 31.2 Å². The first-order valence-electron chi connectivity index (χ1n) is 12.6. The number of carbonyl (C=O) groups excluding carboxylic acids is 1. The Labute approximate surface area is 228 Å². The zero-order valence-electron chi connectivity index (χ0n) is 20.9. The summed E-state index contributed by atoms with van der Waals surface area (Å²) in [4.78, 5) is 14.1. The van der Waals surface area contributed by atoms with Crippen LogP contribution >= 0.6 is 11.6 Å². The number of alkyl halides is 3. The Bertz CT molecular complexity index is 1640.